The molecule has 0 spiro atoms. The highest BCUT2D eigenvalue weighted by Crippen LogP contribution is 2.15. The van der Waals surface area contributed by atoms with E-state index >= 15 is 0 Å². The first kappa shape index (κ1) is 16.8. The van der Waals surface area contributed by atoms with Crippen molar-refractivity contribution in [3.05, 3.63) is 29.3 Å². The van der Waals surface area contributed by atoms with Crippen LogP contribution >= 0.6 is 11.6 Å². The molecule has 1 amide bonds. The topological polar surface area (TPSA) is 55.6 Å². The van der Waals surface area contributed by atoms with Gasteiger partial charge in [-0.25, -0.2) is 0 Å². The van der Waals surface area contributed by atoms with Crippen molar-refractivity contribution >= 4 is 17.5 Å². The van der Waals surface area contributed by atoms with Crippen molar-refractivity contribution in [3.63, 3.8) is 0 Å². The first-order chi connectivity index (χ1) is 9.58. The molecule has 5 heteroatoms. The minimum atomic E-state index is -0.0828. The van der Waals surface area contributed by atoms with E-state index in [2.05, 4.69) is 6.92 Å². The molecule has 0 saturated carbocycles. The molecule has 20 heavy (non-hydrogen) atoms. The summed E-state index contributed by atoms with van der Waals surface area (Å²) in [6.07, 6.45) is 1.79. The van der Waals surface area contributed by atoms with Gasteiger partial charge in [0.15, 0.2) is 0 Å². The predicted molar refractivity (Wildman–Crippen MR) is 82.0 cm³/mol. The second-order valence-electron chi connectivity index (χ2n) is 4.78. The molecule has 0 aromatic heterocycles. The van der Waals surface area contributed by atoms with Gasteiger partial charge in [-0.1, -0.05) is 24.9 Å². The smallest absolute Gasteiger partial charge is 0.226 e. The van der Waals surface area contributed by atoms with Crippen LogP contribution < -0.4 is 10.5 Å². The van der Waals surface area contributed by atoms with Crippen LogP contribution in [0.15, 0.2) is 24.3 Å². The van der Waals surface area contributed by atoms with E-state index in [1.54, 1.807) is 24.1 Å². The zero-order chi connectivity index (χ0) is 15.0. The summed E-state index contributed by atoms with van der Waals surface area (Å²) in [5.41, 5.74) is 5.64. The van der Waals surface area contributed by atoms with Crippen molar-refractivity contribution < 1.29 is 9.53 Å². The first-order valence-electron chi connectivity index (χ1n) is 6.91. The summed E-state index contributed by atoms with van der Waals surface area (Å²) in [4.78, 5) is 13.8. The summed E-state index contributed by atoms with van der Waals surface area (Å²) in [7, 11) is 1.78. The van der Waals surface area contributed by atoms with Gasteiger partial charge in [0.05, 0.1) is 12.5 Å². The molecule has 0 aliphatic heterocycles. The van der Waals surface area contributed by atoms with Gasteiger partial charge >= 0.3 is 0 Å². The van der Waals surface area contributed by atoms with Crippen LogP contribution in [0.3, 0.4) is 0 Å². The van der Waals surface area contributed by atoms with E-state index in [1.807, 2.05) is 12.1 Å². The van der Waals surface area contributed by atoms with E-state index in [4.69, 9.17) is 22.1 Å². The normalized spacial score (nSPS) is 12.0. The minimum absolute atomic E-state index is 0.0828. The minimum Gasteiger partial charge on any atom is -0.492 e. The van der Waals surface area contributed by atoms with Crippen molar-refractivity contribution in [1.82, 2.24) is 4.90 Å². The summed E-state index contributed by atoms with van der Waals surface area (Å²) in [5.74, 6) is 0.758. The summed E-state index contributed by atoms with van der Waals surface area (Å²) in [5, 5.41) is 0.676. The SMILES string of the molecule is CCCC(CN)C(=O)N(C)CCOc1ccc(Cl)cc1. The number of likely N-dealkylation sites (N-methyl/N-ethyl adjacent to an activating group) is 1. The van der Waals surface area contributed by atoms with Crippen LogP contribution in [-0.4, -0.2) is 37.6 Å². The number of benzene rings is 1. The Bertz CT molecular complexity index is 409. The van der Waals surface area contributed by atoms with Crippen LogP contribution in [-0.2, 0) is 4.79 Å². The maximum Gasteiger partial charge on any atom is 0.226 e. The second kappa shape index (κ2) is 8.82. The van der Waals surface area contributed by atoms with E-state index in [9.17, 15) is 4.79 Å². The molecular weight excluding hydrogens is 276 g/mol. The van der Waals surface area contributed by atoms with Gasteiger partial charge in [0.2, 0.25) is 5.91 Å². The van der Waals surface area contributed by atoms with E-state index in [0.29, 0.717) is 24.7 Å². The molecule has 1 unspecified atom stereocenters. The average molecular weight is 299 g/mol. The Kier molecular flexibility index (Phi) is 7.41. The number of ether oxygens (including phenoxy) is 1. The molecule has 0 aliphatic rings. The van der Waals surface area contributed by atoms with Gasteiger partial charge in [0, 0.05) is 18.6 Å². The van der Waals surface area contributed by atoms with Crippen molar-refractivity contribution in [2.24, 2.45) is 11.7 Å². The number of halogens is 1. The molecule has 0 fully saturated rings. The lowest BCUT2D eigenvalue weighted by molar-refractivity contribution is -0.134. The molecular formula is C15H23ClN2O2. The highest BCUT2D eigenvalue weighted by molar-refractivity contribution is 6.30. The van der Waals surface area contributed by atoms with E-state index in [0.717, 1.165) is 18.6 Å². The molecule has 1 rings (SSSR count). The van der Waals surface area contributed by atoms with Crippen molar-refractivity contribution in [3.8, 4) is 5.75 Å². The van der Waals surface area contributed by atoms with Crippen molar-refractivity contribution in [2.45, 2.75) is 19.8 Å². The number of hydrogen-bond donors (Lipinski definition) is 1. The van der Waals surface area contributed by atoms with Gasteiger partial charge in [-0.3, -0.25) is 4.79 Å². The van der Waals surface area contributed by atoms with Gasteiger partial charge in [-0.2, -0.15) is 0 Å². The van der Waals surface area contributed by atoms with Crippen LogP contribution in [0.5, 0.6) is 5.75 Å². The molecule has 1 aromatic rings. The van der Waals surface area contributed by atoms with Crippen LogP contribution in [0.25, 0.3) is 0 Å². The monoisotopic (exact) mass is 298 g/mol. The zero-order valence-electron chi connectivity index (χ0n) is 12.1. The van der Waals surface area contributed by atoms with E-state index < -0.39 is 0 Å². The summed E-state index contributed by atoms with van der Waals surface area (Å²) >= 11 is 5.80. The standard InChI is InChI=1S/C15H23ClN2O2/c1-3-4-12(11-17)15(19)18(2)9-10-20-14-7-5-13(16)6-8-14/h5-8,12H,3-4,9-11,17H2,1-2H3. The van der Waals surface area contributed by atoms with Gasteiger partial charge in [0.1, 0.15) is 12.4 Å². The third-order valence-electron chi connectivity index (χ3n) is 3.16. The maximum atomic E-state index is 12.1. The molecule has 1 atom stereocenters. The van der Waals surface area contributed by atoms with Gasteiger partial charge in [-0.15, -0.1) is 0 Å². The molecule has 0 heterocycles. The Morgan fingerprint density at radius 3 is 2.60 bits per heavy atom. The number of hydrogen-bond acceptors (Lipinski definition) is 3. The highest BCUT2D eigenvalue weighted by Gasteiger charge is 2.19. The molecule has 1 aromatic carbocycles. The highest BCUT2D eigenvalue weighted by atomic mass is 35.5. The molecule has 0 bridgehead atoms. The molecule has 0 saturated heterocycles. The Morgan fingerprint density at radius 1 is 1.40 bits per heavy atom. The molecule has 112 valence electrons. The lowest BCUT2D eigenvalue weighted by atomic mass is 10.0. The van der Waals surface area contributed by atoms with Crippen molar-refractivity contribution in [1.29, 1.82) is 0 Å². The van der Waals surface area contributed by atoms with Crippen LogP contribution in [0.2, 0.25) is 5.02 Å². The van der Waals surface area contributed by atoms with E-state index in [-0.39, 0.29) is 11.8 Å². The van der Waals surface area contributed by atoms with Gasteiger partial charge < -0.3 is 15.4 Å². The third-order valence-corrected chi connectivity index (χ3v) is 3.41. The fourth-order valence-corrected chi connectivity index (χ4v) is 2.07. The Morgan fingerprint density at radius 2 is 2.05 bits per heavy atom. The lowest BCUT2D eigenvalue weighted by Crippen LogP contribution is -2.38. The summed E-state index contributed by atoms with van der Waals surface area (Å²) < 4.78 is 5.57. The quantitative estimate of drug-likeness (QED) is 0.802. The third kappa shape index (κ3) is 5.39. The molecule has 2 N–H and O–H groups in total. The molecule has 0 radical (unpaired) electrons. The average Bonchev–Trinajstić information content (AvgIpc) is 2.46. The van der Waals surface area contributed by atoms with Crippen LogP contribution in [0.1, 0.15) is 19.8 Å². The second-order valence-corrected chi connectivity index (χ2v) is 5.22. The predicted octanol–water partition coefficient (Wildman–Crippen LogP) is 2.55. The van der Waals surface area contributed by atoms with Gasteiger partial charge in [-0.05, 0) is 30.7 Å². The molecule has 4 nitrogen and oxygen atoms in total. The molecule has 0 aliphatic carbocycles. The largest absolute Gasteiger partial charge is 0.492 e. The van der Waals surface area contributed by atoms with Gasteiger partial charge in [0.25, 0.3) is 0 Å². The number of carbonyl (C=O) groups excluding carboxylic acids is 1. The maximum absolute atomic E-state index is 12.1. The van der Waals surface area contributed by atoms with E-state index in [1.165, 1.54) is 0 Å². The Balaban J connectivity index is 2.36. The number of amides is 1. The van der Waals surface area contributed by atoms with Crippen LogP contribution in [0, 0.1) is 5.92 Å². The fraction of sp³-hybridized carbons (Fsp3) is 0.533. The Labute approximate surface area is 125 Å². The fourth-order valence-electron chi connectivity index (χ4n) is 1.94. The number of nitrogens with two attached hydrogens (primary N) is 1. The number of nitrogens with zero attached hydrogens (tertiary/aromatic N) is 1. The summed E-state index contributed by atoms with van der Waals surface area (Å²) in [6, 6.07) is 7.17. The lowest BCUT2D eigenvalue weighted by Gasteiger charge is -2.22. The van der Waals surface area contributed by atoms with Crippen molar-refractivity contribution in [2.75, 3.05) is 26.7 Å². The first-order valence-corrected chi connectivity index (χ1v) is 7.29. The zero-order valence-corrected chi connectivity index (χ0v) is 12.9. The number of rotatable bonds is 8. The Hall–Kier alpha value is -1.26. The number of carbonyl (C=O) groups is 1. The van der Waals surface area contributed by atoms with Crippen LogP contribution in [0.4, 0.5) is 0 Å². The summed E-state index contributed by atoms with van der Waals surface area (Å²) in [6.45, 7) is 3.45.